The van der Waals surface area contributed by atoms with Gasteiger partial charge in [0.05, 0.1) is 6.54 Å². The van der Waals surface area contributed by atoms with Crippen LogP contribution in [-0.2, 0) is 4.79 Å². The molecule has 1 aliphatic rings. The third kappa shape index (κ3) is 4.97. The molecule has 0 saturated carbocycles. The molecular weight excluding hydrogens is 325 g/mol. The van der Waals surface area contributed by atoms with Crippen LogP contribution in [-0.4, -0.2) is 53.5 Å². The predicted molar refractivity (Wildman–Crippen MR) is 93.2 cm³/mol. The molecule has 8 heteroatoms. The van der Waals surface area contributed by atoms with Gasteiger partial charge in [0.15, 0.2) is 0 Å². The third-order valence-corrected chi connectivity index (χ3v) is 3.51. The first kappa shape index (κ1) is 20.9. The van der Waals surface area contributed by atoms with Crippen LogP contribution in [0.2, 0.25) is 0 Å². The van der Waals surface area contributed by atoms with E-state index in [1.807, 2.05) is 17.9 Å². The molecule has 0 atom stereocenters. The van der Waals surface area contributed by atoms with Gasteiger partial charge in [-0.25, -0.2) is 9.97 Å². The molecule has 0 bridgehead atoms. The van der Waals surface area contributed by atoms with Gasteiger partial charge in [0.25, 0.3) is 0 Å². The Labute approximate surface area is 144 Å². The maximum atomic E-state index is 11.6. The van der Waals surface area contributed by atoms with Crippen LogP contribution in [0.4, 0.5) is 5.82 Å². The molecule has 6 nitrogen and oxygen atoms in total. The molecule has 0 aromatic carbocycles. The van der Waals surface area contributed by atoms with Crippen LogP contribution in [0, 0.1) is 6.92 Å². The van der Waals surface area contributed by atoms with E-state index >= 15 is 0 Å². The Kier molecular flexibility index (Phi) is 8.66. The van der Waals surface area contributed by atoms with Crippen LogP contribution in [0.25, 0.3) is 0 Å². The van der Waals surface area contributed by atoms with Gasteiger partial charge in [0.1, 0.15) is 11.6 Å². The van der Waals surface area contributed by atoms with E-state index in [-0.39, 0.29) is 37.3 Å². The minimum absolute atomic E-state index is 0. The van der Waals surface area contributed by atoms with E-state index in [1.54, 1.807) is 0 Å². The highest BCUT2D eigenvalue weighted by Crippen LogP contribution is 2.18. The molecule has 1 fully saturated rings. The van der Waals surface area contributed by atoms with Crippen molar-refractivity contribution in [2.45, 2.75) is 26.7 Å². The molecule has 2 heterocycles. The van der Waals surface area contributed by atoms with E-state index in [0.717, 1.165) is 30.4 Å². The van der Waals surface area contributed by atoms with Gasteiger partial charge in [-0.05, 0) is 6.92 Å². The minimum atomic E-state index is 0. The number of hydrogen-bond donors (Lipinski definition) is 1. The number of halogens is 2. The van der Waals surface area contributed by atoms with Gasteiger partial charge < -0.3 is 15.5 Å². The van der Waals surface area contributed by atoms with Gasteiger partial charge in [0.2, 0.25) is 5.91 Å². The second kappa shape index (κ2) is 9.12. The van der Waals surface area contributed by atoms with E-state index < -0.39 is 0 Å². The maximum absolute atomic E-state index is 11.6. The van der Waals surface area contributed by atoms with Gasteiger partial charge in [-0.3, -0.25) is 4.79 Å². The largest absolute Gasteiger partial charge is 0.353 e. The number of amides is 1. The highest BCUT2D eigenvalue weighted by Gasteiger charge is 2.21. The number of aryl methyl sites for hydroxylation is 1. The van der Waals surface area contributed by atoms with Crippen molar-refractivity contribution in [2.75, 3.05) is 37.6 Å². The maximum Gasteiger partial charge on any atom is 0.236 e. The number of aromatic nitrogens is 2. The molecule has 2 rings (SSSR count). The second-order valence-corrected chi connectivity index (χ2v) is 5.45. The number of nitrogens with two attached hydrogens (primary N) is 1. The number of hydrogen-bond acceptors (Lipinski definition) is 5. The van der Waals surface area contributed by atoms with E-state index in [4.69, 9.17) is 5.73 Å². The van der Waals surface area contributed by atoms with Crippen LogP contribution in [0.1, 0.15) is 31.3 Å². The average Bonchev–Trinajstić information content (AvgIpc) is 2.46. The fourth-order valence-corrected chi connectivity index (χ4v) is 2.31. The molecule has 1 amide bonds. The standard InChI is InChI=1S/C14H23N5O.2ClH/c1-10(2)14-16-11(3)8-12(17-14)18-4-6-19(7-5-18)13(20)9-15;;/h8,10H,4-7,9,15H2,1-3H3;2*1H. The Bertz CT molecular complexity index is 490. The Hall–Kier alpha value is -1.11. The highest BCUT2D eigenvalue weighted by molar-refractivity contribution is 5.85. The molecular formula is C14H25Cl2N5O. The lowest BCUT2D eigenvalue weighted by atomic mass is 10.2. The molecule has 22 heavy (non-hydrogen) atoms. The molecule has 0 radical (unpaired) electrons. The molecule has 126 valence electrons. The van der Waals surface area contributed by atoms with Gasteiger partial charge in [-0.15, -0.1) is 24.8 Å². The molecule has 0 spiro atoms. The Morgan fingerprint density at radius 1 is 1.23 bits per heavy atom. The first-order valence-electron chi connectivity index (χ1n) is 7.09. The van der Waals surface area contributed by atoms with Crippen molar-refractivity contribution < 1.29 is 4.79 Å². The van der Waals surface area contributed by atoms with E-state index in [2.05, 4.69) is 28.7 Å². The lowest BCUT2D eigenvalue weighted by molar-refractivity contribution is -0.129. The smallest absolute Gasteiger partial charge is 0.236 e. The van der Waals surface area contributed by atoms with E-state index in [0.29, 0.717) is 19.0 Å². The summed E-state index contributed by atoms with van der Waals surface area (Å²) in [6.07, 6.45) is 0. The van der Waals surface area contributed by atoms with Gasteiger partial charge in [-0.1, -0.05) is 13.8 Å². The van der Waals surface area contributed by atoms with Crippen LogP contribution < -0.4 is 10.6 Å². The Morgan fingerprint density at radius 2 is 1.82 bits per heavy atom. The molecule has 1 aliphatic heterocycles. The summed E-state index contributed by atoms with van der Waals surface area (Å²) in [5.74, 6) is 2.17. The summed E-state index contributed by atoms with van der Waals surface area (Å²) in [5.41, 5.74) is 6.38. The molecule has 1 aromatic rings. The zero-order valence-corrected chi connectivity index (χ0v) is 14.9. The van der Waals surface area contributed by atoms with Crippen LogP contribution >= 0.6 is 24.8 Å². The Balaban J connectivity index is 0.00000220. The average molecular weight is 350 g/mol. The topological polar surface area (TPSA) is 75.3 Å². The van der Waals surface area contributed by atoms with Crippen molar-refractivity contribution in [3.8, 4) is 0 Å². The number of anilines is 1. The lowest BCUT2D eigenvalue weighted by Crippen LogP contribution is -2.50. The van der Waals surface area contributed by atoms with E-state index in [1.165, 1.54) is 0 Å². The number of rotatable bonds is 3. The first-order chi connectivity index (χ1) is 9.51. The minimum Gasteiger partial charge on any atom is -0.353 e. The van der Waals surface area contributed by atoms with Crippen LogP contribution in [0.15, 0.2) is 6.07 Å². The normalized spacial score (nSPS) is 14.4. The number of carbonyl (C=O) groups is 1. The predicted octanol–water partition coefficient (Wildman–Crippen LogP) is 1.36. The molecule has 2 N–H and O–H groups in total. The summed E-state index contributed by atoms with van der Waals surface area (Å²) < 4.78 is 0. The van der Waals surface area contributed by atoms with Crippen molar-refractivity contribution in [2.24, 2.45) is 5.73 Å². The van der Waals surface area contributed by atoms with Crippen LogP contribution in [0.3, 0.4) is 0 Å². The molecule has 0 aliphatic carbocycles. The SMILES string of the molecule is Cc1cc(N2CCN(C(=O)CN)CC2)nc(C(C)C)n1.Cl.Cl. The summed E-state index contributed by atoms with van der Waals surface area (Å²) in [6, 6.07) is 2.01. The summed E-state index contributed by atoms with van der Waals surface area (Å²) >= 11 is 0. The van der Waals surface area contributed by atoms with Crippen molar-refractivity contribution in [3.63, 3.8) is 0 Å². The fraction of sp³-hybridized carbons (Fsp3) is 0.643. The zero-order chi connectivity index (χ0) is 14.7. The summed E-state index contributed by atoms with van der Waals surface area (Å²) in [7, 11) is 0. The summed E-state index contributed by atoms with van der Waals surface area (Å²) in [4.78, 5) is 24.7. The van der Waals surface area contributed by atoms with Crippen molar-refractivity contribution in [3.05, 3.63) is 17.6 Å². The third-order valence-electron chi connectivity index (χ3n) is 3.51. The van der Waals surface area contributed by atoms with Crippen LogP contribution in [0.5, 0.6) is 0 Å². The van der Waals surface area contributed by atoms with E-state index in [9.17, 15) is 4.79 Å². The number of nitrogens with zero attached hydrogens (tertiary/aromatic N) is 4. The lowest BCUT2D eigenvalue weighted by Gasteiger charge is -2.35. The number of carbonyl (C=O) groups excluding carboxylic acids is 1. The highest BCUT2D eigenvalue weighted by atomic mass is 35.5. The van der Waals surface area contributed by atoms with Gasteiger partial charge in [0, 0.05) is 43.9 Å². The summed E-state index contributed by atoms with van der Waals surface area (Å²) in [6.45, 7) is 9.26. The fourth-order valence-electron chi connectivity index (χ4n) is 2.31. The molecule has 0 unspecified atom stereocenters. The van der Waals surface area contributed by atoms with Gasteiger partial charge in [-0.2, -0.15) is 0 Å². The second-order valence-electron chi connectivity index (χ2n) is 5.45. The van der Waals surface area contributed by atoms with Crippen molar-refractivity contribution >= 4 is 36.5 Å². The molecule has 1 aromatic heterocycles. The first-order valence-corrected chi connectivity index (χ1v) is 7.09. The number of piperazine rings is 1. The zero-order valence-electron chi connectivity index (χ0n) is 13.3. The summed E-state index contributed by atoms with van der Waals surface area (Å²) in [5, 5.41) is 0. The van der Waals surface area contributed by atoms with Gasteiger partial charge >= 0.3 is 0 Å². The molecule has 1 saturated heterocycles. The monoisotopic (exact) mass is 349 g/mol. The van der Waals surface area contributed by atoms with Crippen molar-refractivity contribution in [1.29, 1.82) is 0 Å². The van der Waals surface area contributed by atoms with Crippen molar-refractivity contribution in [1.82, 2.24) is 14.9 Å². The Morgan fingerprint density at radius 3 is 2.32 bits per heavy atom. The quantitative estimate of drug-likeness (QED) is 0.891.